The van der Waals surface area contributed by atoms with Crippen LogP contribution in [-0.2, 0) is 19.2 Å². The Kier molecular flexibility index (Phi) is 6.97. The number of nitrogens with two attached hydrogens (primary N) is 1. The Hall–Kier alpha value is -2.55. The first-order valence-electron chi connectivity index (χ1n) is 9.28. The third kappa shape index (κ3) is 4.74. The Morgan fingerprint density at radius 1 is 1.39 bits per heavy atom. The number of hydrogen-bond donors (Lipinski definition) is 3. The lowest BCUT2D eigenvalue weighted by molar-refractivity contribution is -0.150. The second-order valence-corrected chi connectivity index (χ2v) is 10.8. The van der Waals surface area contributed by atoms with E-state index in [1.807, 2.05) is 24.3 Å². The van der Waals surface area contributed by atoms with Crippen LogP contribution < -0.4 is 11.1 Å². The van der Waals surface area contributed by atoms with Gasteiger partial charge in [-0.15, -0.1) is 23.1 Å². The number of nitrogens with one attached hydrogen (secondary N) is 1. The zero-order valence-corrected chi connectivity index (χ0v) is 20.9. The number of fused-ring (bicyclic) bond motifs is 1. The highest BCUT2D eigenvalue weighted by Crippen LogP contribution is 2.45. The standard InChI is InChI=1S/C19H16BrN5O5S3/c1-30-24-12(10-6-32-19(21)22-10)15(26)23-13-16(27)25-14(18(28)29)11(7-31-17(13)25)33-9-4-2-8(20)3-5-9/h2-6,13,17H,7H2,1H3,(H2,21,22)(H,23,26)(H,28,29)/b24-12-/t13-,17-/m1/s1. The smallest absolute Gasteiger partial charge is 0.353 e. The number of aliphatic carboxylic acids is 1. The molecule has 0 aliphatic carbocycles. The molecule has 0 saturated carbocycles. The third-order valence-electron chi connectivity index (χ3n) is 4.64. The summed E-state index contributed by atoms with van der Waals surface area (Å²) in [4.78, 5) is 49.1. The molecule has 3 heterocycles. The number of amides is 2. The summed E-state index contributed by atoms with van der Waals surface area (Å²) in [5, 5.41) is 17.4. The minimum absolute atomic E-state index is 0.0692. The van der Waals surface area contributed by atoms with E-state index < -0.39 is 29.2 Å². The van der Waals surface area contributed by atoms with Crippen molar-refractivity contribution in [2.24, 2.45) is 5.16 Å². The lowest BCUT2D eigenvalue weighted by Gasteiger charge is -2.49. The van der Waals surface area contributed by atoms with Gasteiger partial charge in [0.25, 0.3) is 11.8 Å². The van der Waals surface area contributed by atoms with Crippen LogP contribution in [-0.4, -0.2) is 62.8 Å². The Morgan fingerprint density at radius 2 is 2.12 bits per heavy atom. The van der Waals surface area contributed by atoms with Crippen molar-refractivity contribution in [2.45, 2.75) is 16.3 Å². The van der Waals surface area contributed by atoms with Crippen molar-refractivity contribution in [1.29, 1.82) is 0 Å². The van der Waals surface area contributed by atoms with E-state index in [1.54, 1.807) is 5.38 Å². The fraction of sp³-hybridized carbons (Fsp3) is 0.211. The maximum absolute atomic E-state index is 12.9. The van der Waals surface area contributed by atoms with Crippen LogP contribution in [0.2, 0.25) is 0 Å². The Labute approximate surface area is 208 Å². The van der Waals surface area contributed by atoms with Crippen LogP contribution in [0.4, 0.5) is 5.13 Å². The maximum Gasteiger partial charge on any atom is 0.353 e. The van der Waals surface area contributed by atoms with Crippen molar-refractivity contribution in [3.63, 3.8) is 0 Å². The van der Waals surface area contributed by atoms with E-state index >= 15 is 0 Å². The number of carbonyl (C=O) groups is 3. The number of halogens is 1. The van der Waals surface area contributed by atoms with Crippen LogP contribution in [0.25, 0.3) is 0 Å². The minimum Gasteiger partial charge on any atom is -0.477 e. The molecule has 0 unspecified atom stereocenters. The number of carboxylic acid groups (broad SMARTS) is 1. The number of nitrogens with zero attached hydrogens (tertiary/aromatic N) is 3. The molecule has 14 heteroatoms. The van der Waals surface area contributed by atoms with Crippen LogP contribution in [0.15, 0.2) is 54.8 Å². The van der Waals surface area contributed by atoms with Gasteiger partial charge in [-0.3, -0.25) is 14.5 Å². The zero-order chi connectivity index (χ0) is 23.7. The molecule has 4 rings (SSSR count). The number of anilines is 1. The molecule has 1 aromatic heterocycles. The van der Waals surface area contributed by atoms with E-state index in [9.17, 15) is 19.5 Å². The van der Waals surface area contributed by atoms with Gasteiger partial charge in [0.2, 0.25) is 0 Å². The second-order valence-electron chi connectivity index (χ2n) is 6.69. The van der Waals surface area contributed by atoms with Crippen LogP contribution in [0, 0.1) is 0 Å². The number of oxime groups is 1. The first kappa shape index (κ1) is 23.6. The number of hydrogen-bond acceptors (Lipinski definition) is 10. The molecule has 1 fully saturated rings. The molecule has 2 aromatic rings. The van der Waals surface area contributed by atoms with Crippen LogP contribution in [0.1, 0.15) is 5.69 Å². The normalized spacial score (nSPS) is 20.2. The lowest BCUT2D eigenvalue weighted by Crippen LogP contribution is -2.71. The van der Waals surface area contributed by atoms with Crippen molar-refractivity contribution in [1.82, 2.24) is 15.2 Å². The van der Waals surface area contributed by atoms with Crippen LogP contribution >= 0.6 is 50.8 Å². The first-order valence-corrected chi connectivity index (χ1v) is 12.8. The van der Waals surface area contributed by atoms with E-state index in [-0.39, 0.29) is 22.2 Å². The van der Waals surface area contributed by atoms with Gasteiger partial charge in [0.15, 0.2) is 10.8 Å². The summed E-state index contributed by atoms with van der Waals surface area (Å²) >= 11 is 7.18. The molecule has 2 aliphatic rings. The molecule has 0 bridgehead atoms. The van der Waals surface area contributed by atoms with Crippen molar-refractivity contribution >= 4 is 79.4 Å². The van der Waals surface area contributed by atoms with Gasteiger partial charge in [-0.05, 0) is 24.3 Å². The van der Waals surface area contributed by atoms with Crippen LogP contribution in [0.3, 0.4) is 0 Å². The highest BCUT2D eigenvalue weighted by molar-refractivity contribution is 9.10. The number of carboxylic acids is 1. The average molecular weight is 570 g/mol. The van der Waals surface area contributed by atoms with E-state index in [2.05, 4.69) is 31.4 Å². The van der Waals surface area contributed by atoms with Crippen molar-refractivity contribution in [3.8, 4) is 0 Å². The fourth-order valence-corrected chi connectivity index (χ4v) is 6.50. The number of benzene rings is 1. The SMILES string of the molecule is CO/N=C(\C(=O)N[C@@H]1C(=O)N2C(C(=O)O)=C(Sc3ccc(Br)cc3)CS[C@H]12)c1csc(N)n1. The number of thioether (sulfide) groups is 2. The zero-order valence-electron chi connectivity index (χ0n) is 16.9. The molecular formula is C19H16BrN5O5S3. The molecular weight excluding hydrogens is 554 g/mol. The monoisotopic (exact) mass is 569 g/mol. The predicted octanol–water partition coefficient (Wildman–Crippen LogP) is 2.33. The molecule has 172 valence electrons. The topological polar surface area (TPSA) is 147 Å². The maximum atomic E-state index is 12.9. The molecule has 1 aromatic carbocycles. The van der Waals surface area contributed by atoms with E-state index in [0.717, 1.165) is 20.7 Å². The molecule has 2 amide bonds. The van der Waals surface area contributed by atoms with Crippen molar-refractivity contribution in [3.05, 3.63) is 50.4 Å². The molecule has 0 radical (unpaired) electrons. The molecule has 1 saturated heterocycles. The van der Waals surface area contributed by atoms with Gasteiger partial charge in [0, 0.05) is 25.4 Å². The molecule has 10 nitrogen and oxygen atoms in total. The second kappa shape index (κ2) is 9.75. The summed E-state index contributed by atoms with van der Waals surface area (Å²) in [7, 11) is 1.28. The first-order chi connectivity index (χ1) is 15.8. The highest BCUT2D eigenvalue weighted by atomic mass is 79.9. The number of thiazole rings is 1. The summed E-state index contributed by atoms with van der Waals surface area (Å²) in [6, 6.07) is 6.53. The van der Waals surface area contributed by atoms with E-state index in [1.165, 1.54) is 35.5 Å². The van der Waals surface area contributed by atoms with Crippen LogP contribution in [0.5, 0.6) is 0 Å². The third-order valence-corrected chi connectivity index (χ3v) is 8.40. The van der Waals surface area contributed by atoms with Crippen molar-refractivity contribution in [2.75, 3.05) is 18.6 Å². The summed E-state index contributed by atoms with van der Waals surface area (Å²) < 4.78 is 0.908. The molecule has 2 atom stereocenters. The van der Waals surface area contributed by atoms with Gasteiger partial charge < -0.3 is 21.0 Å². The predicted molar refractivity (Wildman–Crippen MR) is 130 cm³/mol. The quantitative estimate of drug-likeness (QED) is 0.259. The van der Waals surface area contributed by atoms with Gasteiger partial charge in [0.1, 0.15) is 29.9 Å². The van der Waals surface area contributed by atoms with E-state index in [4.69, 9.17) is 10.6 Å². The molecule has 33 heavy (non-hydrogen) atoms. The van der Waals surface area contributed by atoms with Gasteiger partial charge in [-0.25, -0.2) is 9.78 Å². The summed E-state index contributed by atoms with van der Waals surface area (Å²) in [6.07, 6.45) is 0. The van der Waals surface area contributed by atoms with Gasteiger partial charge in [-0.1, -0.05) is 32.8 Å². The Bertz CT molecular complexity index is 1180. The molecule has 2 aliphatic heterocycles. The molecule has 0 spiro atoms. The summed E-state index contributed by atoms with van der Waals surface area (Å²) in [5.74, 6) is -2.00. The Balaban J connectivity index is 1.53. The number of nitrogen functional groups attached to an aromatic ring is 1. The van der Waals surface area contributed by atoms with Gasteiger partial charge >= 0.3 is 5.97 Å². The minimum atomic E-state index is -1.20. The largest absolute Gasteiger partial charge is 0.477 e. The number of carbonyl (C=O) groups excluding carboxylic acids is 2. The Morgan fingerprint density at radius 3 is 2.73 bits per heavy atom. The summed E-state index contributed by atoms with van der Waals surface area (Å²) in [5.41, 5.74) is 5.65. The summed E-state index contributed by atoms with van der Waals surface area (Å²) in [6.45, 7) is 0. The lowest BCUT2D eigenvalue weighted by atomic mass is 10.0. The number of aromatic nitrogens is 1. The fourth-order valence-electron chi connectivity index (χ4n) is 3.22. The number of β-lactam (4-membered cyclic amide) rings is 1. The van der Waals surface area contributed by atoms with Gasteiger partial charge in [-0.2, -0.15) is 0 Å². The van der Waals surface area contributed by atoms with E-state index in [0.29, 0.717) is 10.7 Å². The number of rotatable bonds is 7. The van der Waals surface area contributed by atoms with Gasteiger partial charge in [0.05, 0.1) is 0 Å². The van der Waals surface area contributed by atoms with Crippen molar-refractivity contribution < 1.29 is 24.3 Å². The molecule has 4 N–H and O–H groups in total. The average Bonchev–Trinajstić information content (AvgIpc) is 3.22. The highest BCUT2D eigenvalue weighted by Gasteiger charge is 2.54.